The van der Waals surface area contributed by atoms with Crippen LogP contribution in [0.1, 0.15) is 5.56 Å². The molecule has 1 aliphatic rings. The Morgan fingerprint density at radius 3 is 2.59 bits per heavy atom. The number of anilines is 4. The van der Waals surface area contributed by atoms with Crippen LogP contribution in [-0.4, -0.2) is 69.8 Å². The third-order valence-corrected chi connectivity index (χ3v) is 6.96. The van der Waals surface area contributed by atoms with Crippen LogP contribution in [0.15, 0.2) is 79.5 Å². The molecule has 4 aromatic rings. The highest BCUT2D eigenvalue weighted by atomic mass is 19.2. The normalized spacial score (nSPS) is 17.4. The van der Waals surface area contributed by atoms with Crippen molar-refractivity contribution < 1.29 is 23.8 Å². The van der Waals surface area contributed by atoms with E-state index >= 15 is 0 Å². The summed E-state index contributed by atoms with van der Waals surface area (Å²) >= 11 is 0. The first-order chi connectivity index (χ1) is 19.9. The topological polar surface area (TPSA) is 114 Å². The van der Waals surface area contributed by atoms with Gasteiger partial charge in [-0.25, -0.2) is 18.7 Å². The lowest BCUT2D eigenvalue weighted by atomic mass is 9.96. The molecule has 0 bridgehead atoms. The van der Waals surface area contributed by atoms with E-state index < -0.39 is 12.6 Å². The van der Waals surface area contributed by atoms with Crippen molar-refractivity contribution in [2.75, 3.05) is 41.8 Å². The number of amides is 1. The number of hydrogen-bond acceptors (Lipinski definition) is 8. The van der Waals surface area contributed by atoms with Crippen molar-refractivity contribution in [3.8, 4) is 11.1 Å². The first-order valence-electron chi connectivity index (χ1n) is 13.1. The number of piperazine rings is 1. The Balaban J connectivity index is 1.41. The van der Waals surface area contributed by atoms with Crippen LogP contribution < -0.4 is 15.5 Å². The zero-order chi connectivity index (χ0) is 28.9. The van der Waals surface area contributed by atoms with Crippen molar-refractivity contribution in [1.82, 2.24) is 14.9 Å². The fraction of sp³-hybridized carbons (Fsp3) is 0.233. The van der Waals surface area contributed by atoms with Gasteiger partial charge >= 0.3 is 0 Å². The molecule has 1 fully saturated rings. The number of carbonyl (C=O) groups excluding carboxylic acids is 1. The van der Waals surface area contributed by atoms with Crippen molar-refractivity contribution in [1.29, 1.82) is 0 Å². The number of hydrogen-bond donors (Lipinski definition) is 4. The van der Waals surface area contributed by atoms with Gasteiger partial charge < -0.3 is 25.7 Å². The van der Waals surface area contributed by atoms with Gasteiger partial charge in [-0.15, -0.1) is 0 Å². The van der Waals surface area contributed by atoms with E-state index in [0.29, 0.717) is 46.2 Å². The van der Waals surface area contributed by atoms with Crippen molar-refractivity contribution in [2.24, 2.45) is 0 Å². The van der Waals surface area contributed by atoms with Gasteiger partial charge in [-0.3, -0.25) is 9.69 Å². The van der Waals surface area contributed by atoms with Crippen LogP contribution in [-0.2, 0) is 11.4 Å². The number of β-amino-alcohol motifs (C(OH)–C–C–N with tert-alkyl or cyclic N) is 1. The van der Waals surface area contributed by atoms with E-state index in [0.717, 1.165) is 10.9 Å². The van der Waals surface area contributed by atoms with Crippen LogP contribution in [0.25, 0.3) is 22.0 Å². The van der Waals surface area contributed by atoms with E-state index in [1.165, 1.54) is 15.9 Å². The molecule has 1 saturated heterocycles. The van der Waals surface area contributed by atoms with Crippen molar-refractivity contribution in [2.45, 2.75) is 19.2 Å². The number of aliphatic hydroxyl groups is 2. The van der Waals surface area contributed by atoms with E-state index in [-0.39, 0.29) is 32.2 Å². The van der Waals surface area contributed by atoms with Crippen molar-refractivity contribution in [3.63, 3.8) is 0 Å². The zero-order valence-corrected chi connectivity index (χ0v) is 22.2. The Bertz CT molecular complexity index is 1550. The Morgan fingerprint density at radius 2 is 1.85 bits per heavy atom. The summed E-state index contributed by atoms with van der Waals surface area (Å²) in [5, 5.41) is 25.8. The predicted octanol–water partition coefficient (Wildman–Crippen LogP) is 4.36. The summed E-state index contributed by atoms with van der Waals surface area (Å²) in [4.78, 5) is 23.6. The van der Waals surface area contributed by atoms with Crippen LogP contribution in [0, 0.1) is 0 Å². The second-order valence-electron chi connectivity index (χ2n) is 9.53. The average Bonchev–Trinajstić information content (AvgIpc) is 2.99. The fourth-order valence-electron chi connectivity index (χ4n) is 4.90. The number of benzene rings is 3. The highest BCUT2D eigenvalue weighted by Crippen LogP contribution is 2.34. The number of fused-ring (bicyclic) bond motifs is 1. The Labute approximate surface area is 235 Å². The molecule has 3 aromatic carbocycles. The Morgan fingerprint density at radius 1 is 1.05 bits per heavy atom. The molecular weight excluding hydrogens is 530 g/mol. The number of rotatable bonds is 9. The predicted molar refractivity (Wildman–Crippen MR) is 155 cm³/mol. The number of carbonyl (C=O) groups is 1. The standard InChI is InChI=1S/C30H30F2N6O3/c1-2-25(41)34-23-5-3-4-19(16-23)26-21(18-40)7-6-20-17-33-30(36-27(20)26)35-22-8-10-24(11-9-22)38-13-12-37(14-15-39)28(31)29(38)32/h2-11,16-17,28-29,39-40H,1,12-15,18H2,(H,34,41)(H,33,35,36). The lowest BCUT2D eigenvalue weighted by Gasteiger charge is -2.41. The molecule has 0 saturated carbocycles. The SMILES string of the molecule is C=CC(=O)Nc1cccc(-c2c(CO)ccc3cnc(Nc4ccc(N5CCN(CCO)C(F)C5F)cc4)nc23)c1. The number of alkyl halides is 2. The molecule has 1 amide bonds. The maximum Gasteiger partial charge on any atom is 0.247 e. The van der Waals surface area contributed by atoms with Gasteiger partial charge in [-0.05, 0) is 53.6 Å². The molecule has 4 N–H and O–H groups in total. The third kappa shape index (κ3) is 6.02. The quantitative estimate of drug-likeness (QED) is 0.176. The first kappa shape index (κ1) is 28.1. The van der Waals surface area contributed by atoms with Crippen LogP contribution in [0.3, 0.4) is 0 Å². The summed E-state index contributed by atoms with van der Waals surface area (Å²) in [5.41, 5.74) is 4.47. The van der Waals surface area contributed by atoms with Gasteiger partial charge in [-0.2, -0.15) is 0 Å². The van der Waals surface area contributed by atoms with Gasteiger partial charge in [0.05, 0.1) is 18.7 Å². The minimum atomic E-state index is -1.85. The van der Waals surface area contributed by atoms with E-state index in [9.17, 15) is 18.7 Å². The largest absolute Gasteiger partial charge is 0.395 e. The fourth-order valence-corrected chi connectivity index (χ4v) is 4.90. The average molecular weight is 561 g/mol. The minimum absolute atomic E-state index is 0.0862. The molecular formula is C30H30F2N6O3. The van der Waals surface area contributed by atoms with Crippen LogP contribution in [0.5, 0.6) is 0 Å². The lowest BCUT2D eigenvalue weighted by Crippen LogP contribution is -2.56. The molecule has 1 aromatic heterocycles. The number of halogens is 2. The monoisotopic (exact) mass is 560 g/mol. The molecule has 0 radical (unpaired) electrons. The maximum atomic E-state index is 14.8. The molecule has 0 spiro atoms. The Hall–Kier alpha value is -4.45. The molecule has 1 aliphatic heterocycles. The minimum Gasteiger partial charge on any atom is -0.395 e. The summed E-state index contributed by atoms with van der Waals surface area (Å²) in [6.45, 7) is 3.71. The zero-order valence-electron chi connectivity index (χ0n) is 22.2. The van der Waals surface area contributed by atoms with Gasteiger partial charge in [0.2, 0.25) is 24.4 Å². The molecule has 11 heteroatoms. The number of aliphatic hydroxyl groups excluding tert-OH is 2. The second-order valence-corrected chi connectivity index (χ2v) is 9.53. The van der Waals surface area contributed by atoms with Gasteiger partial charge in [0, 0.05) is 53.8 Å². The van der Waals surface area contributed by atoms with Crippen LogP contribution >= 0.6 is 0 Å². The summed E-state index contributed by atoms with van der Waals surface area (Å²) in [6.07, 6.45) is -0.806. The maximum absolute atomic E-state index is 14.8. The molecule has 2 heterocycles. The van der Waals surface area contributed by atoms with Gasteiger partial charge in [0.25, 0.3) is 0 Å². The Kier molecular flexibility index (Phi) is 8.48. The molecule has 0 aliphatic carbocycles. The smallest absolute Gasteiger partial charge is 0.247 e. The number of aromatic nitrogens is 2. The van der Waals surface area contributed by atoms with E-state index in [1.54, 1.807) is 48.7 Å². The number of nitrogens with one attached hydrogen (secondary N) is 2. The lowest BCUT2D eigenvalue weighted by molar-refractivity contribution is -0.111. The van der Waals surface area contributed by atoms with Gasteiger partial charge in [-0.1, -0.05) is 30.8 Å². The summed E-state index contributed by atoms with van der Waals surface area (Å²) < 4.78 is 29.3. The van der Waals surface area contributed by atoms with Gasteiger partial charge in [0.15, 0.2) is 0 Å². The summed E-state index contributed by atoms with van der Waals surface area (Å²) in [5.74, 6) is -0.0275. The van der Waals surface area contributed by atoms with E-state index in [4.69, 9.17) is 10.1 Å². The van der Waals surface area contributed by atoms with Crippen LogP contribution in [0.2, 0.25) is 0 Å². The summed E-state index contributed by atoms with van der Waals surface area (Å²) in [6, 6.07) is 17.7. The van der Waals surface area contributed by atoms with Crippen molar-refractivity contribution in [3.05, 3.63) is 85.1 Å². The molecule has 5 rings (SSSR count). The highest BCUT2D eigenvalue weighted by Gasteiger charge is 2.36. The second kappa shape index (κ2) is 12.4. The van der Waals surface area contributed by atoms with Crippen LogP contribution in [0.4, 0.5) is 31.8 Å². The third-order valence-electron chi connectivity index (χ3n) is 6.96. The van der Waals surface area contributed by atoms with Gasteiger partial charge in [0.1, 0.15) is 0 Å². The van der Waals surface area contributed by atoms with E-state index in [2.05, 4.69) is 22.2 Å². The van der Waals surface area contributed by atoms with E-state index in [1.807, 2.05) is 18.2 Å². The highest BCUT2D eigenvalue weighted by molar-refractivity contribution is 6.00. The molecule has 2 unspecified atom stereocenters. The van der Waals surface area contributed by atoms with Crippen molar-refractivity contribution >= 4 is 39.8 Å². The molecule has 212 valence electrons. The molecule has 41 heavy (non-hydrogen) atoms. The number of nitrogens with zero attached hydrogens (tertiary/aromatic N) is 4. The summed E-state index contributed by atoms with van der Waals surface area (Å²) in [7, 11) is 0. The molecule has 9 nitrogen and oxygen atoms in total. The first-order valence-corrected chi connectivity index (χ1v) is 13.1. The molecule has 2 atom stereocenters.